The normalized spacial score (nSPS) is 22.3. The van der Waals surface area contributed by atoms with Crippen LogP contribution in [0.4, 0.5) is 0 Å². The Morgan fingerprint density at radius 2 is 2.33 bits per heavy atom. The van der Waals surface area contributed by atoms with E-state index in [1.807, 2.05) is 0 Å². The second kappa shape index (κ2) is 4.96. The van der Waals surface area contributed by atoms with E-state index in [0.29, 0.717) is 18.9 Å². The average molecular weight is 211 g/mol. The molecule has 0 saturated carbocycles. The van der Waals surface area contributed by atoms with Crippen LogP contribution in [0.1, 0.15) is 33.1 Å². The number of hydrogen-bond acceptors (Lipinski definition) is 2. The van der Waals surface area contributed by atoms with Gasteiger partial charge in [-0.1, -0.05) is 19.4 Å². The van der Waals surface area contributed by atoms with Crippen molar-refractivity contribution < 1.29 is 14.7 Å². The fraction of sp³-hybridized carbons (Fsp3) is 0.636. The molecule has 1 N–H and O–H groups in total. The first-order valence-corrected chi connectivity index (χ1v) is 5.30. The number of carbonyl (C=O) groups excluding carboxylic acids is 1. The van der Waals surface area contributed by atoms with Crippen LogP contribution >= 0.6 is 0 Å². The summed E-state index contributed by atoms with van der Waals surface area (Å²) in [5.74, 6) is -0.774. The van der Waals surface area contributed by atoms with Crippen molar-refractivity contribution in [1.29, 1.82) is 0 Å². The zero-order chi connectivity index (χ0) is 11.4. The van der Waals surface area contributed by atoms with Crippen LogP contribution in [-0.4, -0.2) is 28.4 Å². The molecular formula is C11H17NO3. The van der Waals surface area contributed by atoms with Crippen molar-refractivity contribution in [3.05, 3.63) is 11.8 Å². The van der Waals surface area contributed by atoms with Gasteiger partial charge in [-0.05, 0) is 19.3 Å². The molecule has 4 nitrogen and oxygen atoms in total. The number of rotatable bonds is 4. The molecule has 1 rings (SSSR count). The molecular weight excluding hydrogens is 194 g/mol. The molecule has 0 spiro atoms. The summed E-state index contributed by atoms with van der Waals surface area (Å²) in [5, 5.41) is 8.91. The number of carboxylic acid groups (broad SMARTS) is 1. The van der Waals surface area contributed by atoms with Gasteiger partial charge in [-0.2, -0.15) is 0 Å². The molecule has 1 fully saturated rings. The quantitative estimate of drug-likeness (QED) is 0.719. The Kier molecular flexibility index (Phi) is 3.88. The molecule has 0 aliphatic carbocycles. The van der Waals surface area contributed by atoms with Gasteiger partial charge in [0.15, 0.2) is 0 Å². The van der Waals surface area contributed by atoms with E-state index in [2.05, 4.69) is 6.92 Å². The molecule has 1 heterocycles. The molecule has 84 valence electrons. The maximum atomic E-state index is 11.6. The molecule has 1 saturated heterocycles. The lowest BCUT2D eigenvalue weighted by atomic mass is 10.0. The van der Waals surface area contributed by atoms with E-state index in [0.717, 1.165) is 12.8 Å². The Hall–Kier alpha value is -1.32. The molecule has 1 amide bonds. The molecule has 0 aromatic carbocycles. The lowest BCUT2D eigenvalue weighted by Crippen LogP contribution is -2.28. The smallest absolute Gasteiger partial charge is 0.352 e. The minimum absolute atomic E-state index is 0.0658. The highest BCUT2D eigenvalue weighted by Crippen LogP contribution is 2.25. The van der Waals surface area contributed by atoms with Crippen molar-refractivity contribution in [3.8, 4) is 0 Å². The highest BCUT2D eigenvalue weighted by atomic mass is 16.4. The van der Waals surface area contributed by atoms with E-state index in [1.54, 1.807) is 6.92 Å². The number of allylic oxidation sites excluding steroid dienone is 1. The molecule has 1 aliphatic heterocycles. The Morgan fingerprint density at radius 1 is 1.67 bits per heavy atom. The summed E-state index contributed by atoms with van der Waals surface area (Å²) in [6, 6.07) is 0. The third-order valence-corrected chi connectivity index (χ3v) is 2.69. The first kappa shape index (κ1) is 11.8. The maximum Gasteiger partial charge on any atom is 0.352 e. The van der Waals surface area contributed by atoms with E-state index in [1.165, 1.54) is 11.0 Å². The number of nitrogens with zero attached hydrogens (tertiary/aromatic N) is 1. The lowest BCUT2D eigenvalue weighted by Gasteiger charge is -2.16. The van der Waals surface area contributed by atoms with Crippen LogP contribution in [0, 0.1) is 5.92 Å². The number of hydrogen-bond donors (Lipinski definition) is 1. The molecule has 0 unspecified atom stereocenters. The first-order valence-electron chi connectivity index (χ1n) is 5.30. The highest BCUT2D eigenvalue weighted by molar-refractivity contribution is 5.93. The van der Waals surface area contributed by atoms with Gasteiger partial charge in [0.05, 0.1) is 0 Å². The molecule has 0 aromatic rings. The van der Waals surface area contributed by atoms with Crippen LogP contribution in [0.3, 0.4) is 0 Å². The first-order chi connectivity index (χ1) is 7.10. The summed E-state index contributed by atoms with van der Waals surface area (Å²) < 4.78 is 0. The van der Waals surface area contributed by atoms with E-state index >= 15 is 0 Å². The minimum Gasteiger partial charge on any atom is -0.477 e. The topological polar surface area (TPSA) is 57.6 Å². The summed E-state index contributed by atoms with van der Waals surface area (Å²) in [4.78, 5) is 23.8. The molecule has 0 bridgehead atoms. The lowest BCUT2D eigenvalue weighted by molar-refractivity contribution is -0.138. The number of aliphatic carboxylic acids is 1. The van der Waals surface area contributed by atoms with Crippen LogP contribution in [0.15, 0.2) is 11.8 Å². The fourth-order valence-corrected chi connectivity index (χ4v) is 2.01. The number of likely N-dealkylation sites (tertiary alicyclic amines) is 1. The Balaban J connectivity index is 2.72. The largest absolute Gasteiger partial charge is 0.477 e. The Bertz CT molecular complexity index is 296. The third-order valence-electron chi connectivity index (χ3n) is 2.69. The average Bonchev–Trinajstić information content (AvgIpc) is 2.49. The van der Waals surface area contributed by atoms with Crippen molar-refractivity contribution in [3.63, 3.8) is 0 Å². The van der Waals surface area contributed by atoms with Crippen molar-refractivity contribution >= 4 is 11.9 Å². The van der Waals surface area contributed by atoms with Gasteiger partial charge in [-0.3, -0.25) is 4.79 Å². The molecule has 1 aliphatic rings. The highest BCUT2D eigenvalue weighted by Gasteiger charge is 2.33. The van der Waals surface area contributed by atoms with Gasteiger partial charge in [0, 0.05) is 13.0 Å². The molecule has 15 heavy (non-hydrogen) atoms. The molecule has 0 radical (unpaired) electrons. The van der Waals surface area contributed by atoms with Crippen molar-refractivity contribution in [1.82, 2.24) is 4.90 Å². The predicted molar refractivity (Wildman–Crippen MR) is 56.1 cm³/mol. The second-order valence-electron chi connectivity index (χ2n) is 3.84. The van der Waals surface area contributed by atoms with Crippen LogP contribution in [0.25, 0.3) is 0 Å². The fourth-order valence-electron chi connectivity index (χ4n) is 2.01. The summed E-state index contributed by atoms with van der Waals surface area (Å²) >= 11 is 0. The minimum atomic E-state index is -1.03. The standard InChI is InChI=1S/C11H17NO3/c1-3-5-8-6-10(13)12(7-8)9(4-2)11(14)15/h4,8H,3,5-7H2,1-2H3,(H,14,15)/t8-/m0/s1. The van der Waals surface area contributed by atoms with Crippen LogP contribution in [-0.2, 0) is 9.59 Å². The zero-order valence-electron chi connectivity index (χ0n) is 9.19. The predicted octanol–water partition coefficient (Wildman–Crippen LogP) is 1.62. The van der Waals surface area contributed by atoms with E-state index in [9.17, 15) is 9.59 Å². The third kappa shape index (κ3) is 2.58. The van der Waals surface area contributed by atoms with Gasteiger partial charge in [0.1, 0.15) is 5.70 Å². The number of carboxylic acids is 1. The summed E-state index contributed by atoms with van der Waals surface area (Å²) in [6.45, 7) is 4.27. The molecule has 0 aromatic heterocycles. The van der Waals surface area contributed by atoms with Gasteiger partial charge >= 0.3 is 5.97 Å². The van der Waals surface area contributed by atoms with E-state index < -0.39 is 5.97 Å². The van der Waals surface area contributed by atoms with Crippen molar-refractivity contribution in [2.75, 3.05) is 6.54 Å². The van der Waals surface area contributed by atoms with Crippen molar-refractivity contribution in [2.45, 2.75) is 33.1 Å². The van der Waals surface area contributed by atoms with Gasteiger partial charge < -0.3 is 10.0 Å². The SMILES string of the molecule is CC=C(C(=O)O)N1C[C@@H](CCC)CC1=O. The van der Waals surface area contributed by atoms with Gasteiger partial charge in [-0.15, -0.1) is 0 Å². The maximum absolute atomic E-state index is 11.6. The molecule has 1 atom stereocenters. The van der Waals surface area contributed by atoms with Crippen molar-refractivity contribution in [2.24, 2.45) is 5.92 Å². The van der Waals surface area contributed by atoms with Gasteiger partial charge in [0.25, 0.3) is 0 Å². The number of amides is 1. The van der Waals surface area contributed by atoms with E-state index in [-0.39, 0.29) is 11.6 Å². The van der Waals surface area contributed by atoms with Gasteiger partial charge in [-0.25, -0.2) is 4.79 Å². The van der Waals surface area contributed by atoms with E-state index in [4.69, 9.17) is 5.11 Å². The monoisotopic (exact) mass is 211 g/mol. The van der Waals surface area contributed by atoms with Crippen LogP contribution in [0.5, 0.6) is 0 Å². The zero-order valence-corrected chi connectivity index (χ0v) is 9.19. The van der Waals surface area contributed by atoms with Crippen LogP contribution < -0.4 is 0 Å². The number of carbonyl (C=O) groups is 2. The molecule has 4 heteroatoms. The Labute approximate surface area is 89.6 Å². The van der Waals surface area contributed by atoms with Crippen LogP contribution in [0.2, 0.25) is 0 Å². The van der Waals surface area contributed by atoms with Gasteiger partial charge in [0.2, 0.25) is 5.91 Å². The second-order valence-corrected chi connectivity index (χ2v) is 3.84. The summed E-state index contributed by atoms with van der Waals surface area (Å²) in [7, 11) is 0. The summed E-state index contributed by atoms with van der Waals surface area (Å²) in [6.07, 6.45) is 3.98. The summed E-state index contributed by atoms with van der Waals surface area (Å²) in [5.41, 5.74) is 0.110. The Morgan fingerprint density at radius 3 is 2.80 bits per heavy atom.